The highest BCUT2D eigenvalue weighted by Crippen LogP contribution is 2.44. The molecule has 3 amide bonds. The summed E-state index contributed by atoms with van der Waals surface area (Å²) in [5.74, 6) is 0.975. The topological polar surface area (TPSA) is 74.3 Å². The maximum atomic E-state index is 12.5. The van der Waals surface area contributed by atoms with Gasteiger partial charge in [0.2, 0.25) is 5.91 Å². The van der Waals surface area contributed by atoms with Gasteiger partial charge in [-0.3, -0.25) is 9.78 Å². The van der Waals surface area contributed by atoms with Gasteiger partial charge < -0.3 is 15.5 Å². The molecule has 6 nitrogen and oxygen atoms in total. The molecule has 3 aliphatic rings. The lowest BCUT2D eigenvalue weighted by Gasteiger charge is -2.28. The Bertz CT molecular complexity index is 613. The standard InChI is InChI=1S/C18H24N4O2/c23-16-8-14(11-21-18(24)20-9-12-3-4-12)17(22(16)15-5-6-15)13-2-1-7-19-10-13/h1-2,7,10,12,14-15,17H,3-6,8-9,11H2,(H2,20,21,24)/t14-,17-/m0/s1. The minimum absolute atomic E-state index is 0.0300. The van der Waals surface area contributed by atoms with E-state index >= 15 is 0 Å². The second-order valence-electron chi connectivity index (χ2n) is 7.26. The van der Waals surface area contributed by atoms with Gasteiger partial charge in [-0.15, -0.1) is 0 Å². The first-order valence-corrected chi connectivity index (χ1v) is 8.95. The molecule has 2 N–H and O–H groups in total. The molecular formula is C18H24N4O2. The zero-order chi connectivity index (χ0) is 16.5. The van der Waals surface area contributed by atoms with E-state index in [0.717, 1.165) is 24.9 Å². The highest BCUT2D eigenvalue weighted by atomic mass is 16.2. The summed E-state index contributed by atoms with van der Waals surface area (Å²) < 4.78 is 0. The molecule has 2 saturated carbocycles. The fourth-order valence-corrected chi connectivity index (χ4v) is 3.62. The van der Waals surface area contributed by atoms with Crippen LogP contribution in [0.5, 0.6) is 0 Å². The maximum absolute atomic E-state index is 12.5. The molecule has 0 radical (unpaired) electrons. The normalized spacial score (nSPS) is 26.5. The number of urea groups is 1. The van der Waals surface area contributed by atoms with E-state index in [1.165, 1.54) is 12.8 Å². The molecule has 6 heteroatoms. The van der Waals surface area contributed by atoms with Crippen LogP contribution < -0.4 is 10.6 Å². The van der Waals surface area contributed by atoms with Crippen LogP contribution >= 0.6 is 0 Å². The van der Waals surface area contributed by atoms with E-state index < -0.39 is 0 Å². The minimum atomic E-state index is -0.121. The van der Waals surface area contributed by atoms with Crippen LogP contribution in [0.3, 0.4) is 0 Å². The number of nitrogens with zero attached hydrogens (tertiary/aromatic N) is 2. The molecule has 1 saturated heterocycles. The molecule has 0 aromatic carbocycles. The molecule has 2 aliphatic carbocycles. The molecule has 0 unspecified atom stereocenters. The summed E-state index contributed by atoms with van der Waals surface area (Å²) in [5.41, 5.74) is 1.07. The van der Waals surface area contributed by atoms with Crippen LogP contribution in [0.25, 0.3) is 0 Å². The summed E-state index contributed by atoms with van der Waals surface area (Å²) in [4.78, 5) is 30.7. The van der Waals surface area contributed by atoms with Gasteiger partial charge in [-0.1, -0.05) is 6.07 Å². The van der Waals surface area contributed by atoms with Crippen molar-refractivity contribution in [2.45, 2.75) is 44.2 Å². The third kappa shape index (κ3) is 3.37. The van der Waals surface area contributed by atoms with E-state index in [0.29, 0.717) is 24.9 Å². The molecule has 0 spiro atoms. The van der Waals surface area contributed by atoms with Crippen LogP contribution in [0, 0.1) is 11.8 Å². The number of nitrogens with one attached hydrogen (secondary N) is 2. The third-order valence-electron chi connectivity index (χ3n) is 5.21. The minimum Gasteiger partial charge on any atom is -0.338 e. The van der Waals surface area contributed by atoms with Crippen molar-refractivity contribution in [1.82, 2.24) is 20.5 Å². The molecule has 128 valence electrons. The van der Waals surface area contributed by atoms with Gasteiger partial charge in [-0.05, 0) is 43.2 Å². The van der Waals surface area contributed by atoms with Crippen molar-refractivity contribution in [3.8, 4) is 0 Å². The van der Waals surface area contributed by atoms with E-state index in [4.69, 9.17) is 0 Å². The van der Waals surface area contributed by atoms with Crippen LogP contribution in [0.4, 0.5) is 4.79 Å². The summed E-state index contributed by atoms with van der Waals surface area (Å²) in [5, 5.41) is 5.88. The maximum Gasteiger partial charge on any atom is 0.314 e. The first-order valence-electron chi connectivity index (χ1n) is 8.95. The summed E-state index contributed by atoms with van der Waals surface area (Å²) in [6.07, 6.45) is 8.71. The first-order chi connectivity index (χ1) is 11.7. The Balaban J connectivity index is 1.42. The largest absolute Gasteiger partial charge is 0.338 e. The molecule has 4 rings (SSSR count). The van der Waals surface area contributed by atoms with Gasteiger partial charge in [0.25, 0.3) is 0 Å². The van der Waals surface area contributed by atoms with Crippen LogP contribution in [0.2, 0.25) is 0 Å². The second kappa shape index (κ2) is 6.42. The van der Waals surface area contributed by atoms with Gasteiger partial charge in [0.1, 0.15) is 0 Å². The summed E-state index contributed by atoms with van der Waals surface area (Å²) in [6.45, 7) is 1.28. The molecule has 2 heterocycles. The number of hydrogen-bond donors (Lipinski definition) is 2. The van der Waals surface area contributed by atoms with Crippen LogP contribution in [0.1, 0.15) is 43.7 Å². The van der Waals surface area contributed by atoms with Gasteiger partial charge in [-0.2, -0.15) is 0 Å². The van der Waals surface area contributed by atoms with Gasteiger partial charge in [0, 0.05) is 43.9 Å². The molecule has 1 aromatic heterocycles. The summed E-state index contributed by atoms with van der Waals surface area (Å²) in [6, 6.07) is 4.23. The lowest BCUT2D eigenvalue weighted by molar-refractivity contribution is -0.129. The number of hydrogen-bond acceptors (Lipinski definition) is 3. The first kappa shape index (κ1) is 15.4. The number of pyridine rings is 1. The number of rotatable bonds is 6. The van der Waals surface area contributed by atoms with Crippen LogP contribution in [0.15, 0.2) is 24.5 Å². The van der Waals surface area contributed by atoms with Gasteiger partial charge in [0.15, 0.2) is 0 Å². The van der Waals surface area contributed by atoms with Crippen molar-refractivity contribution in [3.63, 3.8) is 0 Å². The average molecular weight is 328 g/mol. The van der Waals surface area contributed by atoms with E-state index in [9.17, 15) is 9.59 Å². The van der Waals surface area contributed by atoms with Crippen molar-refractivity contribution >= 4 is 11.9 Å². The molecule has 1 aromatic rings. The number of carbonyl (C=O) groups excluding carboxylic acids is 2. The smallest absolute Gasteiger partial charge is 0.314 e. The van der Waals surface area contributed by atoms with Crippen LogP contribution in [-0.2, 0) is 4.79 Å². The lowest BCUT2D eigenvalue weighted by Crippen LogP contribution is -2.40. The number of amides is 3. The monoisotopic (exact) mass is 328 g/mol. The molecule has 24 heavy (non-hydrogen) atoms. The van der Waals surface area contributed by atoms with E-state index in [1.807, 2.05) is 23.2 Å². The average Bonchev–Trinajstić information content (AvgIpc) is 3.50. The van der Waals surface area contributed by atoms with E-state index in [1.54, 1.807) is 6.20 Å². The van der Waals surface area contributed by atoms with Crippen LogP contribution in [-0.4, -0.2) is 41.0 Å². The molecule has 1 aliphatic heterocycles. The molecular weight excluding hydrogens is 304 g/mol. The SMILES string of the molecule is O=C(NCC1CC1)NC[C@@H]1CC(=O)N(C2CC2)[C@H]1c1cccnc1. The zero-order valence-electron chi connectivity index (χ0n) is 13.8. The van der Waals surface area contributed by atoms with Gasteiger partial charge in [-0.25, -0.2) is 4.79 Å². The zero-order valence-corrected chi connectivity index (χ0v) is 13.8. The fraction of sp³-hybridized carbons (Fsp3) is 0.611. The Hall–Kier alpha value is -2.11. The fourth-order valence-electron chi connectivity index (χ4n) is 3.62. The summed E-state index contributed by atoms with van der Waals surface area (Å²) >= 11 is 0. The van der Waals surface area contributed by atoms with Crippen molar-refractivity contribution in [2.75, 3.05) is 13.1 Å². The van der Waals surface area contributed by atoms with Crippen molar-refractivity contribution < 1.29 is 9.59 Å². The quantitative estimate of drug-likeness (QED) is 0.837. The van der Waals surface area contributed by atoms with E-state index in [-0.39, 0.29) is 23.9 Å². The Morgan fingerprint density at radius 2 is 2.00 bits per heavy atom. The highest BCUT2D eigenvalue weighted by Gasteiger charge is 2.47. The lowest BCUT2D eigenvalue weighted by atomic mass is 9.94. The Morgan fingerprint density at radius 3 is 2.67 bits per heavy atom. The van der Waals surface area contributed by atoms with Crippen molar-refractivity contribution in [1.29, 1.82) is 0 Å². The number of likely N-dealkylation sites (tertiary alicyclic amines) is 1. The van der Waals surface area contributed by atoms with Crippen molar-refractivity contribution in [3.05, 3.63) is 30.1 Å². The predicted octanol–water partition coefficient (Wildman–Crippen LogP) is 1.84. The number of aromatic nitrogens is 1. The highest BCUT2D eigenvalue weighted by molar-refractivity contribution is 5.81. The van der Waals surface area contributed by atoms with Gasteiger partial charge in [0.05, 0.1) is 6.04 Å². The Kier molecular flexibility index (Phi) is 4.12. The van der Waals surface area contributed by atoms with Crippen molar-refractivity contribution in [2.24, 2.45) is 11.8 Å². The van der Waals surface area contributed by atoms with Gasteiger partial charge >= 0.3 is 6.03 Å². The molecule has 0 bridgehead atoms. The second-order valence-corrected chi connectivity index (χ2v) is 7.26. The Labute approximate surface area is 142 Å². The summed E-state index contributed by atoms with van der Waals surface area (Å²) in [7, 11) is 0. The molecule has 3 fully saturated rings. The van der Waals surface area contributed by atoms with E-state index in [2.05, 4.69) is 15.6 Å². The number of carbonyl (C=O) groups is 2. The Morgan fingerprint density at radius 1 is 1.21 bits per heavy atom. The predicted molar refractivity (Wildman–Crippen MR) is 89.1 cm³/mol. The molecule has 2 atom stereocenters. The third-order valence-corrected chi connectivity index (χ3v) is 5.21.